The molecule has 0 heterocycles. The number of rotatable bonds is 2. The number of fused-ring (bicyclic) bond motifs is 2. The van der Waals surface area contributed by atoms with Gasteiger partial charge in [-0.05, 0) is 52.7 Å². The maximum Gasteiger partial charge on any atom is 0.198 e. The number of aryl methyl sites for hydroxylation is 1. The number of ketones is 1. The van der Waals surface area contributed by atoms with E-state index in [2.05, 4.69) is 37.2 Å². The first-order valence-electron chi connectivity index (χ1n) is 8.20. The summed E-state index contributed by atoms with van der Waals surface area (Å²) < 4.78 is 1.82. The van der Waals surface area contributed by atoms with Gasteiger partial charge in [0.1, 0.15) is 5.75 Å². The van der Waals surface area contributed by atoms with Gasteiger partial charge in [0.25, 0.3) is 0 Å². The highest BCUT2D eigenvalue weighted by Crippen LogP contribution is 2.39. The number of halogens is 2. The van der Waals surface area contributed by atoms with Crippen LogP contribution in [0.3, 0.4) is 0 Å². The Morgan fingerprint density at radius 3 is 2.37 bits per heavy atom. The summed E-state index contributed by atoms with van der Waals surface area (Å²) in [4.78, 5) is 12.9. The molecule has 6 heteroatoms. The van der Waals surface area contributed by atoms with Gasteiger partial charge in [-0.1, -0.05) is 40.2 Å². The lowest BCUT2D eigenvalue weighted by molar-refractivity contribution is 0.103. The number of anilines is 2. The van der Waals surface area contributed by atoms with E-state index in [0.29, 0.717) is 22.4 Å². The minimum Gasteiger partial charge on any atom is -0.507 e. The zero-order valence-electron chi connectivity index (χ0n) is 14.2. The Hall–Kier alpha value is -2.44. The van der Waals surface area contributed by atoms with Crippen LogP contribution >= 0.6 is 31.9 Å². The summed E-state index contributed by atoms with van der Waals surface area (Å²) in [5.41, 5.74) is 4.23. The van der Waals surface area contributed by atoms with Crippen molar-refractivity contribution in [3.63, 3.8) is 0 Å². The van der Waals surface area contributed by atoms with Crippen LogP contribution in [0.15, 0.2) is 57.5 Å². The van der Waals surface area contributed by atoms with E-state index in [1.807, 2.05) is 19.1 Å². The molecule has 4 nitrogen and oxygen atoms in total. The molecule has 0 fully saturated rings. The van der Waals surface area contributed by atoms with Gasteiger partial charge in [0.2, 0.25) is 0 Å². The van der Waals surface area contributed by atoms with Crippen LogP contribution in [-0.2, 0) is 0 Å². The number of aromatic hydroxyl groups is 1. The molecule has 4 rings (SSSR count). The zero-order chi connectivity index (χ0) is 19.3. The molecule has 0 saturated carbocycles. The maximum atomic E-state index is 12.9. The molecule has 0 aromatic heterocycles. The third-order valence-corrected chi connectivity index (χ3v) is 6.13. The molecule has 0 amide bonds. The largest absolute Gasteiger partial charge is 0.507 e. The van der Waals surface area contributed by atoms with Gasteiger partial charge in [-0.2, -0.15) is 0 Å². The normalized spacial score (nSPS) is 12.6. The fourth-order valence-electron chi connectivity index (χ4n) is 3.25. The molecule has 3 N–H and O–H groups in total. The van der Waals surface area contributed by atoms with Crippen LogP contribution in [0.2, 0.25) is 0 Å². The summed E-state index contributed by atoms with van der Waals surface area (Å²) in [6, 6.07) is 14.1. The molecule has 0 bridgehead atoms. The van der Waals surface area contributed by atoms with E-state index < -0.39 is 0 Å². The Labute approximate surface area is 173 Å². The lowest BCUT2D eigenvalue weighted by atomic mass is 9.82. The van der Waals surface area contributed by atoms with Gasteiger partial charge >= 0.3 is 0 Å². The molecule has 1 aliphatic rings. The van der Waals surface area contributed by atoms with Crippen molar-refractivity contribution in [2.24, 2.45) is 0 Å². The number of hydrogen-bond donors (Lipinski definition) is 3. The third-order valence-electron chi connectivity index (χ3n) is 4.62. The highest BCUT2D eigenvalue weighted by molar-refractivity contribution is 9.11. The van der Waals surface area contributed by atoms with E-state index in [0.717, 1.165) is 20.2 Å². The van der Waals surface area contributed by atoms with Crippen LogP contribution in [0.5, 0.6) is 5.75 Å². The molecule has 3 aromatic rings. The predicted octanol–water partition coefficient (Wildman–Crippen LogP) is 5.93. The molecular formula is C21H14Br2N2O2. The first-order chi connectivity index (χ1) is 12.9. The average molecular weight is 486 g/mol. The molecular weight excluding hydrogens is 472 g/mol. The van der Waals surface area contributed by atoms with Gasteiger partial charge < -0.3 is 10.4 Å². The van der Waals surface area contributed by atoms with E-state index >= 15 is 0 Å². The Kier molecular flexibility index (Phi) is 4.40. The van der Waals surface area contributed by atoms with Crippen LogP contribution in [-0.4, -0.2) is 16.6 Å². The van der Waals surface area contributed by atoms with Gasteiger partial charge in [0.05, 0.1) is 17.0 Å². The minimum atomic E-state index is -0.274. The van der Waals surface area contributed by atoms with E-state index in [1.54, 1.807) is 30.3 Å². The van der Waals surface area contributed by atoms with Gasteiger partial charge in [-0.3, -0.25) is 10.2 Å². The van der Waals surface area contributed by atoms with Crippen LogP contribution < -0.4 is 5.32 Å². The molecule has 1 aliphatic carbocycles. The van der Waals surface area contributed by atoms with E-state index in [4.69, 9.17) is 5.41 Å². The van der Waals surface area contributed by atoms with Gasteiger partial charge in [0, 0.05) is 31.3 Å². The summed E-state index contributed by atoms with van der Waals surface area (Å²) >= 11 is 7.04. The molecule has 27 heavy (non-hydrogen) atoms. The first kappa shape index (κ1) is 17.9. The van der Waals surface area contributed by atoms with Crippen molar-refractivity contribution in [3.05, 3.63) is 85.3 Å². The Morgan fingerprint density at radius 2 is 1.63 bits per heavy atom. The van der Waals surface area contributed by atoms with Crippen LogP contribution in [0.1, 0.15) is 32.6 Å². The quantitative estimate of drug-likeness (QED) is 0.308. The van der Waals surface area contributed by atoms with Gasteiger partial charge in [-0.15, -0.1) is 0 Å². The molecule has 0 unspecified atom stereocenters. The molecule has 0 spiro atoms. The number of carbonyl (C=O) groups is 1. The lowest BCUT2D eigenvalue weighted by Crippen LogP contribution is -2.22. The molecule has 0 saturated heterocycles. The standard InChI is InChI=1S/C21H14Br2N2O2/c1-10-8-16(14(23)9-13(10)22)25-15-6-7-17(26)19-18(15)20(24)11-4-2-3-5-12(11)21(19)27/h2-9,24-26H,1H3. The highest BCUT2D eigenvalue weighted by Gasteiger charge is 2.31. The van der Waals surface area contributed by atoms with Crippen molar-refractivity contribution in [3.8, 4) is 5.75 Å². The second kappa shape index (κ2) is 6.62. The molecule has 0 radical (unpaired) electrons. The number of nitrogens with one attached hydrogen (secondary N) is 2. The zero-order valence-corrected chi connectivity index (χ0v) is 17.4. The van der Waals surface area contributed by atoms with E-state index in [1.165, 1.54) is 6.07 Å². The van der Waals surface area contributed by atoms with Crippen molar-refractivity contribution >= 4 is 54.7 Å². The van der Waals surface area contributed by atoms with Crippen molar-refractivity contribution in [1.82, 2.24) is 0 Å². The number of hydrogen-bond acceptors (Lipinski definition) is 4. The summed E-state index contributed by atoms with van der Waals surface area (Å²) in [5.74, 6) is -0.394. The predicted molar refractivity (Wildman–Crippen MR) is 114 cm³/mol. The SMILES string of the molecule is Cc1cc(Nc2ccc(O)c3c2C(=N)c2ccccc2C3=O)c(Br)cc1Br. The number of phenols is 1. The fraction of sp³-hybridized carbons (Fsp3) is 0.0476. The van der Waals surface area contributed by atoms with Crippen molar-refractivity contribution < 1.29 is 9.90 Å². The number of carbonyl (C=O) groups excluding carboxylic acids is 1. The Morgan fingerprint density at radius 1 is 0.926 bits per heavy atom. The molecule has 0 atom stereocenters. The second-order valence-corrected chi connectivity index (χ2v) is 8.05. The topological polar surface area (TPSA) is 73.2 Å². The molecule has 134 valence electrons. The Balaban J connectivity index is 1.90. The van der Waals surface area contributed by atoms with Gasteiger partial charge in [0.15, 0.2) is 5.78 Å². The second-order valence-electron chi connectivity index (χ2n) is 6.34. The van der Waals surface area contributed by atoms with Crippen molar-refractivity contribution in [2.75, 3.05) is 5.32 Å². The Bertz CT molecular complexity index is 1140. The van der Waals surface area contributed by atoms with Crippen LogP contribution in [0.4, 0.5) is 11.4 Å². The monoisotopic (exact) mass is 484 g/mol. The average Bonchev–Trinajstić information content (AvgIpc) is 2.65. The highest BCUT2D eigenvalue weighted by atomic mass is 79.9. The first-order valence-corrected chi connectivity index (χ1v) is 9.78. The summed E-state index contributed by atoms with van der Waals surface area (Å²) in [7, 11) is 0. The summed E-state index contributed by atoms with van der Waals surface area (Å²) in [5, 5.41) is 22.3. The number of benzene rings is 3. The fourth-order valence-corrected chi connectivity index (χ4v) is 4.35. The molecule has 3 aromatic carbocycles. The van der Waals surface area contributed by atoms with Gasteiger partial charge in [-0.25, -0.2) is 0 Å². The van der Waals surface area contributed by atoms with Crippen molar-refractivity contribution in [2.45, 2.75) is 6.92 Å². The summed E-state index contributed by atoms with van der Waals surface area (Å²) in [6.45, 7) is 1.98. The van der Waals surface area contributed by atoms with Crippen LogP contribution in [0.25, 0.3) is 0 Å². The third kappa shape index (κ3) is 2.89. The van der Waals surface area contributed by atoms with E-state index in [9.17, 15) is 9.90 Å². The number of phenolic OH excluding ortho intramolecular Hbond substituents is 1. The van der Waals surface area contributed by atoms with Crippen molar-refractivity contribution in [1.29, 1.82) is 5.41 Å². The summed E-state index contributed by atoms with van der Waals surface area (Å²) in [6.07, 6.45) is 0. The molecule has 0 aliphatic heterocycles. The van der Waals surface area contributed by atoms with E-state index in [-0.39, 0.29) is 22.8 Å². The minimum absolute atomic E-state index is 0.120. The smallest absolute Gasteiger partial charge is 0.198 e. The lowest BCUT2D eigenvalue weighted by Gasteiger charge is -2.24. The maximum absolute atomic E-state index is 12.9. The van der Waals surface area contributed by atoms with Crippen LogP contribution in [0, 0.1) is 12.3 Å².